The molecule has 3 amide bonds. The summed E-state index contributed by atoms with van der Waals surface area (Å²) < 4.78 is 0.934. The molecule has 0 aliphatic carbocycles. The van der Waals surface area contributed by atoms with Crippen LogP contribution in [0.2, 0.25) is 0 Å². The third-order valence-corrected chi connectivity index (χ3v) is 4.19. The van der Waals surface area contributed by atoms with Crippen molar-refractivity contribution in [2.24, 2.45) is 0 Å². The molecule has 7 heteroatoms. The lowest BCUT2D eigenvalue weighted by atomic mass is 10.2. The largest absolute Gasteiger partial charge is 0.323 e. The van der Waals surface area contributed by atoms with Crippen LogP contribution in [0.15, 0.2) is 42.5 Å². The topological polar surface area (TPSA) is 83.1 Å². The number of amides is 3. The van der Waals surface area contributed by atoms with Gasteiger partial charge < -0.3 is 16.0 Å². The first-order valence-corrected chi connectivity index (χ1v) is 8.14. The average molecular weight is 340 g/mol. The number of anilines is 3. The van der Waals surface area contributed by atoms with Gasteiger partial charge in [-0.05, 0) is 37.3 Å². The molecular weight excluding hydrogens is 324 g/mol. The average Bonchev–Trinajstić information content (AvgIpc) is 2.90. The Hall–Kier alpha value is -2.93. The summed E-state index contributed by atoms with van der Waals surface area (Å²) in [5, 5.41) is 8.75. The lowest BCUT2D eigenvalue weighted by Gasteiger charge is -2.07. The molecule has 0 unspecified atom stereocenters. The van der Waals surface area contributed by atoms with Gasteiger partial charge in [-0.25, -0.2) is 9.78 Å². The molecule has 0 bridgehead atoms. The van der Waals surface area contributed by atoms with Crippen LogP contribution in [0.25, 0.3) is 10.2 Å². The highest BCUT2D eigenvalue weighted by molar-refractivity contribution is 7.22. The summed E-state index contributed by atoms with van der Waals surface area (Å²) in [5.74, 6) is -0.162. The zero-order valence-electron chi connectivity index (χ0n) is 13.2. The number of aromatic nitrogens is 1. The summed E-state index contributed by atoms with van der Waals surface area (Å²) in [6.45, 7) is 3.43. The van der Waals surface area contributed by atoms with E-state index < -0.39 is 0 Å². The summed E-state index contributed by atoms with van der Waals surface area (Å²) in [5.41, 5.74) is 3.20. The number of benzene rings is 2. The van der Waals surface area contributed by atoms with Crippen LogP contribution in [0.5, 0.6) is 0 Å². The maximum absolute atomic E-state index is 12.1. The summed E-state index contributed by atoms with van der Waals surface area (Å²) in [6.07, 6.45) is 0. The number of fused-ring (bicyclic) bond motifs is 1. The van der Waals surface area contributed by atoms with Gasteiger partial charge in [-0.15, -0.1) is 0 Å². The molecule has 1 aromatic heterocycles. The molecule has 0 radical (unpaired) electrons. The molecule has 1 heterocycles. The van der Waals surface area contributed by atoms with Crippen molar-refractivity contribution in [3.05, 3.63) is 48.0 Å². The molecule has 0 atom stereocenters. The third-order valence-electron chi connectivity index (χ3n) is 3.24. The molecule has 0 fully saturated rings. The van der Waals surface area contributed by atoms with Gasteiger partial charge in [0.1, 0.15) is 0 Å². The predicted octanol–water partition coefficient (Wildman–Crippen LogP) is 4.21. The maximum Gasteiger partial charge on any atom is 0.323 e. The van der Waals surface area contributed by atoms with Crippen LogP contribution in [0.4, 0.5) is 21.3 Å². The Morgan fingerprint density at radius 2 is 1.62 bits per heavy atom. The first-order valence-electron chi connectivity index (χ1n) is 7.32. The van der Waals surface area contributed by atoms with Crippen LogP contribution in [0, 0.1) is 6.92 Å². The fourth-order valence-corrected chi connectivity index (χ4v) is 3.03. The third kappa shape index (κ3) is 3.88. The molecule has 24 heavy (non-hydrogen) atoms. The second-order valence-electron chi connectivity index (χ2n) is 5.33. The van der Waals surface area contributed by atoms with E-state index in [0.29, 0.717) is 10.8 Å². The molecule has 122 valence electrons. The Bertz CT molecular complexity index is 903. The highest BCUT2D eigenvalue weighted by atomic mass is 32.1. The van der Waals surface area contributed by atoms with Crippen molar-refractivity contribution in [3.8, 4) is 0 Å². The van der Waals surface area contributed by atoms with E-state index in [2.05, 4.69) is 20.9 Å². The van der Waals surface area contributed by atoms with Crippen molar-refractivity contribution in [1.82, 2.24) is 4.98 Å². The van der Waals surface area contributed by atoms with E-state index in [1.165, 1.54) is 18.3 Å². The lowest BCUT2D eigenvalue weighted by molar-refractivity contribution is -0.114. The number of rotatable bonds is 3. The number of carbonyl (C=O) groups excluding carboxylic acids is 2. The van der Waals surface area contributed by atoms with Gasteiger partial charge >= 0.3 is 6.03 Å². The summed E-state index contributed by atoms with van der Waals surface area (Å²) in [6, 6.07) is 12.7. The normalized spacial score (nSPS) is 10.4. The van der Waals surface area contributed by atoms with Crippen LogP contribution in [-0.2, 0) is 4.79 Å². The van der Waals surface area contributed by atoms with Crippen molar-refractivity contribution in [1.29, 1.82) is 0 Å². The van der Waals surface area contributed by atoms with E-state index in [-0.39, 0.29) is 11.9 Å². The summed E-state index contributed by atoms with van der Waals surface area (Å²) >= 11 is 1.39. The Labute approximate surface area is 142 Å². The zero-order valence-corrected chi connectivity index (χ0v) is 14.0. The van der Waals surface area contributed by atoms with E-state index in [1.807, 2.05) is 37.3 Å². The first kappa shape index (κ1) is 15.9. The zero-order chi connectivity index (χ0) is 17.1. The van der Waals surface area contributed by atoms with Gasteiger partial charge in [0, 0.05) is 18.3 Å². The van der Waals surface area contributed by atoms with Gasteiger partial charge in [0.25, 0.3) is 0 Å². The fraction of sp³-hybridized carbons (Fsp3) is 0.118. The molecule has 0 saturated heterocycles. The standard InChI is InChI=1S/C17H16N4O2S/c1-10-3-5-12(6-4-10)19-16(23)20-13-7-8-15-14(9-13)21-17(24-15)18-11(2)22/h3-9H,1-2H3,(H,18,21,22)(H2,19,20,23). The Morgan fingerprint density at radius 1 is 0.958 bits per heavy atom. The van der Waals surface area contributed by atoms with E-state index in [9.17, 15) is 9.59 Å². The van der Waals surface area contributed by atoms with Crippen molar-refractivity contribution >= 4 is 50.0 Å². The molecule has 0 aliphatic heterocycles. The van der Waals surface area contributed by atoms with Crippen LogP contribution in [-0.4, -0.2) is 16.9 Å². The number of nitrogens with one attached hydrogen (secondary N) is 3. The quantitative estimate of drug-likeness (QED) is 0.668. The van der Waals surface area contributed by atoms with Crippen LogP contribution >= 0.6 is 11.3 Å². The van der Waals surface area contributed by atoms with Gasteiger partial charge in [0.15, 0.2) is 5.13 Å². The van der Waals surface area contributed by atoms with E-state index >= 15 is 0 Å². The smallest absolute Gasteiger partial charge is 0.308 e. The van der Waals surface area contributed by atoms with Crippen molar-refractivity contribution < 1.29 is 9.59 Å². The molecule has 0 aliphatic rings. The van der Waals surface area contributed by atoms with Crippen molar-refractivity contribution in [3.63, 3.8) is 0 Å². The van der Waals surface area contributed by atoms with E-state index in [1.54, 1.807) is 12.1 Å². The van der Waals surface area contributed by atoms with Crippen LogP contribution in [0.1, 0.15) is 12.5 Å². The Morgan fingerprint density at radius 3 is 2.33 bits per heavy atom. The van der Waals surface area contributed by atoms with E-state index in [0.717, 1.165) is 21.5 Å². The molecule has 3 N–H and O–H groups in total. The minimum Gasteiger partial charge on any atom is -0.308 e. The predicted molar refractivity (Wildman–Crippen MR) is 97.7 cm³/mol. The number of urea groups is 1. The van der Waals surface area contributed by atoms with Gasteiger partial charge in [-0.3, -0.25) is 4.79 Å². The second kappa shape index (κ2) is 6.67. The fourth-order valence-electron chi connectivity index (χ4n) is 2.14. The molecule has 3 rings (SSSR count). The number of hydrogen-bond donors (Lipinski definition) is 3. The van der Waals surface area contributed by atoms with Crippen molar-refractivity contribution in [2.75, 3.05) is 16.0 Å². The van der Waals surface area contributed by atoms with Gasteiger partial charge in [0.05, 0.1) is 10.2 Å². The van der Waals surface area contributed by atoms with Crippen LogP contribution in [0.3, 0.4) is 0 Å². The van der Waals surface area contributed by atoms with Crippen LogP contribution < -0.4 is 16.0 Å². The molecule has 0 spiro atoms. The Kier molecular flexibility index (Phi) is 4.43. The van der Waals surface area contributed by atoms with Gasteiger partial charge in [0.2, 0.25) is 5.91 Å². The molecule has 3 aromatic rings. The highest BCUT2D eigenvalue weighted by Gasteiger charge is 2.08. The first-order chi connectivity index (χ1) is 11.5. The number of nitrogens with zero attached hydrogens (tertiary/aromatic N) is 1. The molecule has 6 nitrogen and oxygen atoms in total. The maximum atomic E-state index is 12.1. The number of thiazole rings is 1. The number of aryl methyl sites for hydroxylation is 1. The van der Waals surface area contributed by atoms with Gasteiger partial charge in [-0.1, -0.05) is 29.0 Å². The minimum atomic E-state index is -0.324. The summed E-state index contributed by atoms with van der Waals surface area (Å²) in [7, 11) is 0. The molecule has 0 saturated carbocycles. The monoisotopic (exact) mass is 340 g/mol. The highest BCUT2D eigenvalue weighted by Crippen LogP contribution is 2.28. The number of hydrogen-bond acceptors (Lipinski definition) is 4. The molecular formula is C17H16N4O2S. The lowest BCUT2D eigenvalue weighted by Crippen LogP contribution is -2.19. The molecule has 2 aromatic carbocycles. The minimum absolute atomic E-state index is 0.162. The van der Waals surface area contributed by atoms with Gasteiger partial charge in [-0.2, -0.15) is 0 Å². The second-order valence-corrected chi connectivity index (χ2v) is 6.36. The SMILES string of the molecule is CC(=O)Nc1nc2cc(NC(=O)Nc3ccc(C)cc3)ccc2s1. The summed E-state index contributed by atoms with van der Waals surface area (Å²) in [4.78, 5) is 27.5. The Balaban J connectivity index is 1.71. The number of carbonyl (C=O) groups is 2. The van der Waals surface area contributed by atoms with Crippen molar-refractivity contribution in [2.45, 2.75) is 13.8 Å². The van der Waals surface area contributed by atoms with E-state index in [4.69, 9.17) is 0 Å².